The van der Waals surface area contributed by atoms with Gasteiger partial charge in [-0.15, -0.1) is 74.4 Å². The molecule has 0 N–H and O–H groups in total. The van der Waals surface area contributed by atoms with E-state index in [0.29, 0.717) is 0 Å². The summed E-state index contributed by atoms with van der Waals surface area (Å²) in [6.07, 6.45) is 2.65. The lowest BCUT2D eigenvalue weighted by molar-refractivity contribution is -0.394. The van der Waals surface area contributed by atoms with Crippen LogP contribution in [0.5, 0.6) is 0 Å². The summed E-state index contributed by atoms with van der Waals surface area (Å²) < 4.78 is 0. The third kappa shape index (κ3) is 14.2. The van der Waals surface area contributed by atoms with Crippen LogP contribution in [-0.2, 0) is 0 Å². The Morgan fingerprint density at radius 1 is 0.933 bits per heavy atom. The van der Waals surface area contributed by atoms with Crippen molar-refractivity contribution in [2.24, 2.45) is 0 Å². The summed E-state index contributed by atoms with van der Waals surface area (Å²) in [5.41, 5.74) is 0. The van der Waals surface area contributed by atoms with Crippen LogP contribution in [0.1, 0.15) is 0 Å². The zero-order valence-corrected chi connectivity index (χ0v) is 11.7. The van der Waals surface area contributed by atoms with Crippen molar-refractivity contribution >= 4 is 80.4 Å². The molecule has 0 radical (unpaired) electrons. The molecule has 94 valence electrons. The molecule has 0 unspecified atom stereocenters. The number of nitrogens with zero attached hydrogens (tertiary/aromatic N) is 3. The van der Waals surface area contributed by atoms with E-state index in [0.717, 1.165) is 0 Å². The molecule has 0 amide bonds. The van der Waals surface area contributed by atoms with Crippen molar-refractivity contribution in [3.8, 4) is 0 Å². The van der Waals surface area contributed by atoms with Crippen LogP contribution in [0.2, 0.25) is 0 Å². The van der Waals surface area contributed by atoms with E-state index in [4.69, 9.17) is 0 Å². The van der Waals surface area contributed by atoms with Crippen LogP contribution in [0.15, 0.2) is 18.5 Å². The van der Waals surface area contributed by atoms with Crippen molar-refractivity contribution < 1.29 is 4.92 Å². The van der Waals surface area contributed by atoms with Gasteiger partial charge in [0.2, 0.25) is 0 Å². The molecule has 0 aliphatic carbocycles. The van der Waals surface area contributed by atoms with Crippen LogP contribution in [-0.4, -0.2) is 14.9 Å². The maximum atomic E-state index is 9.88. The third-order valence-electron chi connectivity index (χ3n) is 0.715. The zero-order chi connectivity index (χ0) is 6.69. The van der Waals surface area contributed by atoms with Gasteiger partial charge in [-0.1, -0.05) is 9.97 Å². The van der Waals surface area contributed by atoms with E-state index >= 15 is 0 Å². The first-order valence-corrected chi connectivity index (χ1v) is 2.22. The zero-order valence-electron chi connectivity index (χ0n) is 6.84. The number of aromatic nitrogens is 2. The smallest absolute Gasteiger partial charge is 0.390 e. The standard InChI is InChI=1S/C4H3N3O2.6ClH/c8-7(9)4-5-2-1-3-6-4;;;;;;/h1-3H;6*1H. The minimum atomic E-state index is -0.639. The van der Waals surface area contributed by atoms with Gasteiger partial charge in [0.15, 0.2) is 0 Å². The predicted octanol–water partition coefficient (Wildman–Crippen LogP) is 2.92. The molecule has 0 spiro atoms. The average Bonchev–Trinajstić information content (AvgIpc) is 1.90. The first-order chi connectivity index (χ1) is 4.30. The molecule has 0 saturated carbocycles. The Morgan fingerprint density at radius 2 is 1.27 bits per heavy atom. The summed E-state index contributed by atoms with van der Waals surface area (Å²) in [4.78, 5) is 16.0. The van der Waals surface area contributed by atoms with E-state index in [2.05, 4.69) is 9.97 Å². The number of hydrogen-bond acceptors (Lipinski definition) is 4. The van der Waals surface area contributed by atoms with Gasteiger partial charge < -0.3 is 10.1 Å². The van der Waals surface area contributed by atoms with Gasteiger partial charge in [-0.05, 0) is 4.92 Å². The highest BCUT2D eigenvalue weighted by molar-refractivity contribution is 5.86. The quantitative estimate of drug-likeness (QED) is 0.580. The number of nitro groups is 1. The molecule has 0 saturated heterocycles. The Hall–Kier alpha value is 0.220. The van der Waals surface area contributed by atoms with E-state index in [1.54, 1.807) is 0 Å². The van der Waals surface area contributed by atoms with Gasteiger partial charge in [-0.2, -0.15) is 0 Å². The fourth-order valence-corrected chi connectivity index (χ4v) is 0.386. The average molecular weight is 344 g/mol. The second kappa shape index (κ2) is 19.7. The molecule has 1 aromatic rings. The van der Waals surface area contributed by atoms with Crippen LogP contribution in [0, 0.1) is 10.1 Å². The van der Waals surface area contributed by atoms with E-state index in [9.17, 15) is 10.1 Å². The molecule has 11 heteroatoms. The van der Waals surface area contributed by atoms with Gasteiger partial charge in [0, 0.05) is 6.07 Å². The Morgan fingerprint density at radius 3 is 1.47 bits per heavy atom. The summed E-state index contributed by atoms with van der Waals surface area (Å²) in [5, 5.41) is 9.88. The molecule has 0 fully saturated rings. The Bertz CT molecular complexity index is 225. The second-order valence-electron chi connectivity index (χ2n) is 1.31. The lowest BCUT2D eigenvalue weighted by Crippen LogP contribution is -1.92. The van der Waals surface area contributed by atoms with Gasteiger partial charge in [-0.25, -0.2) is 0 Å². The van der Waals surface area contributed by atoms with Crippen molar-refractivity contribution in [2.75, 3.05) is 0 Å². The maximum absolute atomic E-state index is 9.88. The largest absolute Gasteiger partial charge is 0.468 e. The molecule has 5 nitrogen and oxygen atoms in total. The van der Waals surface area contributed by atoms with Crippen molar-refractivity contribution in [2.45, 2.75) is 0 Å². The fraction of sp³-hybridized carbons (Fsp3) is 0. The summed E-state index contributed by atoms with van der Waals surface area (Å²) in [6, 6.07) is 1.52. The monoisotopic (exact) mass is 341 g/mol. The van der Waals surface area contributed by atoms with E-state index in [1.807, 2.05) is 0 Å². The van der Waals surface area contributed by atoms with Gasteiger partial charge in [0.25, 0.3) is 0 Å². The Labute approximate surface area is 123 Å². The van der Waals surface area contributed by atoms with Gasteiger partial charge in [0.05, 0.1) is 0 Å². The third-order valence-corrected chi connectivity index (χ3v) is 0.715. The van der Waals surface area contributed by atoms with Crippen LogP contribution in [0.4, 0.5) is 5.95 Å². The van der Waals surface area contributed by atoms with E-state index in [1.165, 1.54) is 18.5 Å². The molecular formula is C4H9Cl6N3O2. The topological polar surface area (TPSA) is 68.9 Å². The van der Waals surface area contributed by atoms with Crippen LogP contribution in [0.3, 0.4) is 0 Å². The summed E-state index contributed by atoms with van der Waals surface area (Å²) in [5.74, 6) is -0.363. The van der Waals surface area contributed by atoms with E-state index < -0.39 is 4.92 Å². The molecule has 0 bridgehead atoms. The second-order valence-corrected chi connectivity index (χ2v) is 1.31. The number of halogens is 6. The minimum absolute atomic E-state index is 0. The summed E-state index contributed by atoms with van der Waals surface area (Å²) in [6.45, 7) is 0. The number of hydrogen-bond donors (Lipinski definition) is 0. The van der Waals surface area contributed by atoms with Crippen LogP contribution < -0.4 is 0 Å². The van der Waals surface area contributed by atoms with Crippen LogP contribution in [0.25, 0.3) is 0 Å². The lowest BCUT2D eigenvalue weighted by atomic mass is 10.7. The highest BCUT2D eigenvalue weighted by Crippen LogP contribution is 1.95. The minimum Gasteiger partial charge on any atom is -0.390 e. The molecule has 0 aromatic carbocycles. The highest BCUT2D eigenvalue weighted by Gasteiger charge is 2.02. The van der Waals surface area contributed by atoms with Gasteiger partial charge in [0.1, 0.15) is 12.4 Å². The summed E-state index contributed by atoms with van der Waals surface area (Å²) >= 11 is 0. The molecule has 1 rings (SSSR count). The van der Waals surface area contributed by atoms with Crippen molar-refractivity contribution in [1.29, 1.82) is 0 Å². The summed E-state index contributed by atoms with van der Waals surface area (Å²) in [7, 11) is 0. The van der Waals surface area contributed by atoms with Crippen LogP contribution >= 0.6 is 74.4 Å². The maximum Gasteiger partial charge on any atom is 0.468 e. The SMILES string of the molecule is Cl.Cl.Cl.Cl.Cl.Cl.O=[N+]([O-])c1ncccn1. The van der Waals surface area contributed by atoms with Crippen molar-refractivity contribution in [1.82, 2.24) is 9.97 Å². The van der Waals surface area contributed by atoms with Gasteiger partial charge in [-0.3, -0.25) is 0 Å². The number of rotatable bonds is 1. The highest BCUT2D eigenvalue weighted by atomic mass is 35.5. The predicted molar refractivity (Wildman–Crippen MR) is 72.2 cm³/mol. The first-order valence-electron chi connectivity index (χ1n) is 2.22. The first kappa shape index (κ1) is 36.2. The molecule has 1 aromatic heterocycles. The van der Waals surface area contributed by atoms with Gasteiger partial charge >= 0.3 is 5.95 Å². The molecule has 1 heterocycles. The van der Waals surface area contributed by atoms with Crippen molar-refractivity contribution in [3.05, 3.63) is 28.6 Å². The molecule has 0 aliphatic heterocycles. The van der Waals surface area contributed by atoms with E-state index in [-0.39, 0.29) is 80.4 Å². The van der Waals surface area contributed by atoms with Crippen molar-refractivity contribution in [3.63, 3.8) is 0 Å². The Balaban J connectivity index is -0.0000000337. The normalized spacial score (nSPS) is 5.33. The lowest BCUT2D eigenvalue weighted by Gasteiger charge is -1.86. The molecular weight excluding hydrogens is 335 g/mol. The Kier molecular flexibility index (Phi) is 47.6. The molecule has 15 heavy (non-hydrogen) atoms. The fourth-order valence-electron chi connectivity index (χ4n) is 0.386. The molecule has 0 aliphatic rings. The molecule has 0 atom stereocenters.